The number of rotatable bonds is 3. The molecular formula is C16H16ClN3. The van der Waals surface area contributed by atoms with Crippen molar-refractivity contribution in [2.45, 2.75) is 38.1 Å². The molecule has 2 aromatic rings. The second-order valence-electron chi connectivity index (χ2n) is 5.29. The molecule has 0 saturated carbocycles. The summed E-state index contributed by atoms with van der Waals surface area (Å²) >= 11 is 6.03. The van der Waals surface area contributed by atoms with Gasteiger partial charge in [-0.1, -0.05) is 23.7 Å². The molecule has 0 fully saturated rings. The summed E-state index contributed by atoms with van der Waals surface area (Å²) in [6, 6.07) is 10.2. The number of benzene rings is 1. The maximum Gasteiger partial charge on any atom is 0.0663 e. The van der Waals surface area contributed by atoms with E-state index >= 15 is 0 Å². The summed E-state index contributed by atoms with van der Waals surface area (Å²) in [6.07, 6.45) is 5.83. The molecule has 1 heterocycles. The maximum atomic E-state index is 8.92. The van der Waals surface area contributed by atoms with Crippen molar-refractivity contribution >= 4 is 11.6 Å². The molecule has 0 N–H and O–H groups in total. The Morgan fingerprint density at radius 3 is 3.15 bits per heavy atom. The molecule has 102 valence electrons. The molecule has 0 amide bonds. The molecule has 1 unspecified atom stereocenters. The monoisotopic (exact) mass is 285 g/mol. The van der Waals surface area contributed by atoms with Crippen LogP contribution in [0.25, 0.3) is 0 Å². The Hall–Kier alpha value is -1.79. The fourth-order valence-electron chi connectivity index (χ4n) is 2.98. The lowest BCUT2D eigenvalue weighted by molar-refractivity contribution is 0.532. The average molecular weight is 286 g/mol. The molecule has 0 radical (unpaired) electrons. The molecule has 1 aromatic heterocycles. The third-order valence-electron chi connectivity index (χ3n) is 3.95. The molecule has 0 bridgehead atoms. The summed E-state index contributed by atoms with van der Waals surface area (Å²) in [4.78, 5) is 0. The second kappa shape index (κ2) is 5.68. The summed E-state index contributed by atoms with van der Waals surface area (Å²) in [7, 11) is 0. The van der Waals surface area contributed by atoms with Crippen molar-refractivity contribution in [2.24, 2.45) is 0 Å². The first-order valence-corrected chi connectivity index (χ1v) is 7.31. The van der Waals surface area contributed by atoms with Crippen LogP contribution in [0.3, 0.4) is 0 Å². The van der Waals surface area contributed by atoms with E-state index < -0.39 is 0 Å². The van der Waals surface area contributed by atoms with Gasteiger partial charge in [-0.15, -0.1) is 0 Å². The van der Waals surface area contributed by atoms with Gasteiger partial charge in [-0.2, -0.15) is 10.4 Å². The van der Waals surface area contributed by atoms with Crippen LogP contribution in [0, 0.1) is 11.3 Å². The minimum absolute atomic E-state index is 0.358. The molecule has 0 saturated heterocycles. The normalized spacial score (nSPS) is 17.5. The highest BCUT2D eigenvalue weighted by Crippen LogP contribution is 2.33. The zero-order valence-corrected chi connectivity index (χ0v) is 12.0. The van der Waals surface area contributed by atoms with Gasteiger partial charge in [-0.3, -0.25) is 4.68 Å². The van der Waals surface area contributed by atoms with Crippen LogP contribution >= 0.6 is 11.6 Å². The van der Waals surface area contributed by atoms with Crippen LogP contribution in [-0.4, -0.2) is 9.78 Å². The van der Waals surface area contributed by atoms with Crippen LogP contribution in [0.4, 0.5) is 0 Å². The van der Waals surface area contributed by atoms with Crippen LogP contribution in [0.1, 0.15) is 42.0 Å². The Morgan fingerprint density at radius 2 is 2.35 bits per heavy atom. The lowest BCUT2D eigenvalue weighted by Gasteiger charge is -2.21. The number of halogens is 1. The number of aromatic nitrogens is 2. The Bertz CT molecular complexity index is 654. The number of hydrogen-bond acceptors (Lipinski definition) is 2. The molecule has 1 atom stereocenters. The van der Waals surface area contributed by atoms with Gasteiger partial charge in [0.25, 0.3) is 0 Å². The maximum absolute atomic E-state index is 8.92. The van der Waals surface area contributed by atoms with Crippen molar-refractivity contribution < 1.29 is 0 Å². The van der Waals surface area contributed by atoms with E-state index in [0.29, 0.717) is 12.3 Å². The van der Waals surface area contributed by atoms with Crippen LogP contribution in [0.5, 0.6) is 0 Å². The van der Waals surface area contributed by atoms with Gasteiger partial charge in [0.05, 0.1) is 18.8 Å². The van der Waals surface area contributed by atoms with Gasteiger partial charge in [-0.05, 0) is 42.5 Å². The van der Waals surface area contributed by atoms with Crippen molar-refractivity contribution in [1.82, 2.24) is 9.78 Å². The Balaban J connectivity index is 1.87. The van der Waals surface area contributed by atoms with Crippen molar-refractivity contribution in [1.29, 1.82) is 5.26 Å². The molecule has 0 spiro atoms. The van der Waals surface area contributed by atoms with E-state index in [1.165, 1.54) is 11.3 Å². The highest BCUT2D eigenvalue weighted by Gasteiger charge is 2.23. The van der Waals surface area contributed by atoms with Crippen LogP contribution in [0.15, 0.2) is 30.5 Å². The zero-order valence-electron chi connectivity index (χ0n) is 11.2. The molecule has 1 aromatic carbocycles. The molecule has 1 aliphatic carbocycles. The molecule has 20 heavy (non-hydrogen) atoms. The summed E-state index contributed by atoms with van der Waals surface area (Å²) in [5.41, 5.74) is 3.71. The SMILES string of the molecule is N#CCC1CCCc2c1cnn2Cc1cccc(Cl)c1. The van der Waals surface area contributed by atoms with Crippen molar-refractivity contribution in [3.05, 3.63) is 52.3 Å². The molecule has 4 heteroatoms. The Kier molecular flexibility index (Phi) is 3.75. The Morgan fingerprint density at radius 1 is 1.45 bits per heavy atom. The van der Waals surface area contributed by atoms with E-state index in [9.17, 15) is 0 Å². The van der Waals surface area contributed by atoms with Crippen LogP contribution in [-0.2, 0) is 13.0 Å². The van der Waals surface area contributed by atoms with Gasteiger partial charge < -0.3 is 0 Å². The quantitative estimate of drug-likeness (QED) is 0.858. The van der Waals surface area contributed by atoms with E-state index in [1.54, 1.807) is 0 Å². The lowest BCUT2D eigenvalue weighted by atomic mass is 9.85. The fraction of sp³-hybridized carbons (Fsp3) is 0.375. The van der Waals surface area contributed by atoms with Crippen LogP contribution < -0.4 is 0 Å². The van der Waals surface area contributed by atoms with E-state index in [4.69, 9.17) is 16.9 Å². The smallest absolute Gasteiger partial charge is 0.0663 e. The predicted octanol–water partition coefficient (Wildman–Crippen LogP) is 3.92. The molecule has 3 nitrogen and oxygen atoms in total. The number of nitriles is 1. The van der Waals surface area contributed by atoms with Crippen molar-refractivity contribution in [3.8, 4) is 6.07 Å². The van der Waals surface area contributed by atoms with E-state index in [1.807, 2.05) is 24.4 Å². The first-order chi connectivity index (χ1) is 9.78. The fourth-order valence-corrected chi connectivity index (χ4v) is 3.19. The van der Waals surface area contributed by atoms with Gasteiger partial charge in [0.15, 0.2) is 0 Å². The molecule has 3 rings (SSSR count). The Labute approximate surface area is 123 Å². The molecular weight excluding hydrogens is 270 g/mol. The summed E-state index contributed by atoms with van der Waals surface area (Å²) in [6.45, 7) is 0.745. The van der Waals surface area contributed by atoms with E-state index in [0.717, 1.165) is 36.4 Å². The van der Waals surface area contributed by atoms with Gasteiger partial charge >= 0.3 is 0 Å². The first-order valence-electron chi connectivity index (χ1n) is 6.94. The summed E-state index contributed by atoms with van der Waals surface area (Å²) in [5.74, 6) is 0.358. The topological polar surface area (TPSA) is 41.6 Å². The summed E-state index contributed by atoms with van der Waals surface area (Å²) < 4.78 is 2.06. The standard InChI is InChI=1S/C16H16ClN3/c17-14-5-1-3-12(9-14)11-20-16-6-2-4-13(7-8-18)15(16)10-19-20/h1,3,5,9-10,13H,2,4,6-7,11H2. The molecule has 1 aliphatic rings. The predicted molar refractivity (Wildman–Crippen MR) is 78.7 cm³/mol. The lowest BCUT2D eigenvalue weighted by Crippen LogP contribution is -2.13. The van der Waals surface area contributed by atoms with E-state index in [2.05, 4.69) is 21.9 Å². The van der Waals surface area contributed by atoms with Crippen molar-refractivity contribution in [3.63, 3.8) is 0 Å². The van der Waals surface area contributed by atoms with Crippen molar-refractivity contribution in [2.75, 3.05) is 0 Å². The minimum atomic E-state index is 0.358. The van der Waals surface area contributed by atoms with E-state index in [-0.39, 0.29) is 0 Å². The number of fused-ring (bicyclic) bond motifs is 1. The molecule has 0 aliphatic heterocycles. The highest BCUT2D eigenvalue weighted by molar-refractivity contribution is 6.30. The second-order valence-corrected chi connectivity index (χ2v) is 5.72. The van der Waals surface area contributed by atoms with Gasteiger partial charge in [0.1, 0.15) is 0 Å². The van der Waals surface area contributed by atoms with Crippen LogP contribution in [0.2, 0.25) is 5.02 Å². The average Bonchev–Trinajstić information content (AvgIpc) is 2.84. The highest BCUT2D eigenvalue weighted by atomic mass is 35.5. The largest absolute Gasteiger partial charge is 0.265 e. The minimum Gasteiger partial charge on any atom is -0.265 e. The third kappa shape index (κ3) is 2.57. The van der Waals surface area contributed by atoms with Gasteiger partial charge in [-0.25, -0.2) is 0 Å². The van der Waals surface area contributed by atoms with Gasteiger partial charge in [0, 0.05) is 23.1 Å². The third-order valence-corrected chi connectivity index (χ3v) is 4.18. The van der Waals surface area contributed by atoms with Gasteiger partial charge in [0.2, 0.25) is 0 Å². The number of hydrogen-bond donors (Lipinski definition) is 0. The zero-order chi connectivity index (χ0) is 13.9. The summed E-state index contributed by atoms with van der Waals surface area (Å²) in [5, 5.41) is 14.2. The first kappa shape index (κ1) is 13.2. The number of nitrogens with zero attached hydrogens (tertiary/aromatic N) is 3.